The predicted octanol–water partition coefficient (Wildman–Crippen LogP) is 4.25. The summed E-state index contributed by atoms with van der Waals surface area (Å²) in [6, 6.07) is 5.65. The van der Waals surface area contributed by atoms with Gasteiger partial charge in [-0.1, -0.05) is 13.0 Å². The molecule has 0 spiro atoms. The lowest BCUT2D eigenvalue weighted by atomic mass is 10.1. The smallest absolute Gasteiger partial charge is 0.313 e. The molecule has 4 N–H and O–H groups in total. The van der Waals surface area contributed by atoms with Crippen LogP contribution in [0, 0.1) is 23.3 Å². The average Bonchev–Trinajstić information content (AvgIpc) is 3.59. The van der Waals surface area contributed by atoms with E-state index in [9.17, 15) is 31.9 Å². The largest absolute Gasteiger partial charge is 0.420 e. The fourth-order valence-corrected chi connectivity index (χ4v) is 6.55. The summed E-state index contributed by atoms with van der Waals surface area (Å²) in [5.41, 5.74) is 10.3. The lowest BCUT2D eigenvalue weighted by Gasteiger charge is -2.21. The van der Waals surface area contributed by atoms with Crippen molar-refractivity contribution in [1.82, 2.24) is 15.4 Å². The zero-order valence-electron chi connectivity index (χ0n) is 43.2. The van der Waals surface area contributed by atoms with E-state index >= 15 is 0 Å². The third-order valence-corrected chi connectivity index (χ3v) is 10.3. The number of nitrogens with one attached hydrogen (secondary N) is 2. The van der Waals surface area contributed by atoms with Crippen molar-refractivity contribution in [2.75, 3.05) is 145 Å². The van der Waals surface area contributed by atoms with Crippen LogP contribution in [-0.4, -0.2) is 179 Å². The number of H-pyrrole nitrogens is 1. The standard InChI is InChI=1S/C51H70F4N6O15/c1-3-9-61(75-4-2)51(64)38-30-43-44(60-45(56)32-38)31-39(35-58-43)37-5-6-40(57-34-37)36-59-46(62)7-10-65-12-14-67-16-18-69-20-22-71-24-26-73-28-29-74-27-25-72-23-21-70-19-17-68-15-13-66-11-8-47(63)76-50-48(54)41(52)33-42(53)49(50)55/h5-6,30-31,33-35H,3-4,7-29,32,36H2,1-2H3,(H2,56,60)(H,59,62)/p+1. The number of amides is 2. The van der Waals surface area contributed by atoms with Crippen molar-refractivity contribution in [3.8, 4) is 16.9 Å². The van der Waals surface area contributed by atoms with Crippen LogP contribution in [0.1, 0.15) is 50.9 Å². The highest BCUT2D eigenvalue weighted by atomic mass is 19.2. The molecule has 2 amide bonds. The van der Waals surface area contributed by atoms with E-state index in [0.29, 0.717) is 141 Å². The molecular weight excluding hydrogens is 1010 g/mol. The molecule has 0 aliphatic carbocycles. The average molecular weight is 1080 g/mol. The summed E-state index contributed by atoms with van der Waals surface area (Å²) in [6.45, 7) is 11.5. The Morgan fingerprint density at radius 3 is 1.61 bits per heavy atom. The molecule has 0 saturated carbocycles. The molecular formula is C51H71F4N6O15+. The number of rotatable bonds is 42. The molecule has 1 aromatic carbocycles. The zero-order chi connectivity index (χ0) is 54.6. The van der Waals surface area contributed by atoms with E-state index in [1.165, 1.54) is 5.06 Å². The highest BCUT2D eigenvalue weighted by Crippen LogP contribution is 2.29. The Hall–Kier alpha value is -5.58. The monoisotopic (exact) mass is 1080 g/mol. The SMILES string of the molecule is CCCN(OCC)C(=O)C1=Cc2[nH+]cc(-c3ccc(CNC(=O)CCOCCOCCOCCOCCOCCOCCOCCOCCOCCOCCC(=O)Oc4c(F)c(F)cc(F)c4F)nc3)cc2N=C(N)C1. The Morgan fingerprint density at radius 2 is 1.14 bits per heavy atom. The number of hydrogen-bond donors (Lipinski definition) is 2. The van der Waals surface area contributed by atoms with Crippen LogP contribution >= 0.6 is 0 Å². The van der Waals surface area contributed by atoms with Crippen LogP contribution in [0.15, 0.2) is 47.2 Å². The van der Waals surface area contributed by atoms with E-state index in [2.05, 4.69) is 25.0 Å². The molecule has 4 rings (SSSR count). The number of aromatic nitrogens is 2. The van der Waals surface area contributed by atoms with Gasteiger partial charge in [-0.05, 0) is 25.5 Å². The molecule has 0 saturated heterocycles. The molecule has 3 heterocycles. The molecule has 76 heavy (non-hydrogen) atoms. The fourth-order valence-electron chi connectivity index (χ4n) is 6.55. The van der Waals surface area contributed by atoms with Crippen molar-refractivity contribution >= 4 is 35.4 Å². The molecule has 2 aromatic heterocycles. The van der Waals surface area contributed by atoms with Gasteiger partial charge in [0.2, 0.25) is 29.0 Å². The number of carbonyl (C=O) groups excluding carboxylic acids is 3. The van der Waals surface area contributed by atoms with Crippen molar-refractivity contribution in [2.24, 2.45) is 10.7 Å². The first-order valence-electron chi connectivity index (χ1n) is 25.1. The second-order valence-electron chi connectivity index (χ2n) is 16.2. The Labute approximate surface area is 439 Å². The number of pyridine rings is 2. The third kappa shape index (κ3) is 25.1. The van der Waals surface area contributed by atoms with Gasteiger partial charge in [-0.2, -0.15) is 8.78 Å². The first kappa shape index (κ1) is 63.0. The first-order valence-corrected chi connectivity index (χ1v) is 25.1. The molecule has 1 aliphatic rings. The minimum absolute atomic E-state index is 0.0140. The van der Waals surface area contributed by atoms with Crippen LogP contribution < -0.4 is 20.8 Å². The number of nitrogens with zero attached hydrogens (tertiary/aromatic N) is 3. The van der Waals surface area contributed by atoms with Gasteiger partial charge in [0.15, 0.2) is 17.8 Å². The van der Waals surface area contributed by atoms with Crippen LogP contribution in [-0.2, 0) is 73.1 Å². The van der Waals surface area contributed by atoms with Crippen LogP contribution in [0.25, 0.3) is 17.2 Å². The van der Waals surface area contributed by atoms with E-state index < -0.39 is 41.4 Å². The maximum absolute atomic E-state index is 13.6. The molecule has 0 radical (unpaired) electrons. The molecule has 0 fully saturated rings. The van der Waals surface area contributed by atoms with Crippen molar-refractivity contribution in [2.45, 2.75) is 46.1 Å². The predicted molar refractivity (Wildman–Crippen MR) is 265 cm³/mol. The maximum Gasteiger partial charge on any atom is 0.313 e. The number of carbonyl (C=O) groups is 3. The Kier molecular flexibility index (Phi) is 31.5. The van der Waals surface area contributed by atoms with E-state index in [4.69, 9.17) is 57.9 Å². The highest BCUT2D eigenvalue weighted by molar-refractivity contribution is 6.04. The van der Waals surface area contributed by atoms with Crippen molar-refractivity contribution < 1.29 is 93.9 Å². The van der Waals surface area contributed by atoms with E-state index in [0.717, 1.165) is 17.5 Å². The number of hydrogen-bond acceptors (Lipinski definition) is 18. The van der Waals surface area contributed by atoms with Gasteiger partial charge in [0.1, 0.15) is 11.5 Å². The number of halogens is 4. The molecule has 21 nitrogen and oxygen atoms in total. The van der Waals surface area contributed by atoms with Gasteiger partial charge in [0.25, 0.3) is 5.91 Å². The quantitative estimate of drug-likeness (QED) is 0.0201. The lowest BCUT2D eigenvalue weighted by Crippen LogP contribution is -2.34. The highest BCUT2D eigenvalue weighted by Gasteiger charge is 2.25. The summed E-state index contributed by atoms with van der Waals surface area (Å²) in [5.74, 6) is -9.62. The molecule has 0 bridgehead atoms. The molecule has 0 atom stereocenters. The van der Waals surface area contributed by atoms with Gasteiger partial charge in [0, 0.05) is 54.4 Å². The van der Waals surface area contributed by atoms with Crippen molar-refractivity contribution in [1.29, 1.82) is 0 Å². The van der Waals surface area contributed by atoms with E-state index in [1.54, 1.807) is 12.3 Å². The van der Waals surface area contributed by atoms with Crippen molar-refractivity contribution in [3.05, 3.63) is 76.9 Å². The van der Waals surface area contributed by atoms with Crippen LogP contribution in [0.2, 0.25) is 0 Å². The van der Waals surface area contributed by atoms with Crippen LogP contribution in [0.3, 0.4) is 0 Å². The van der Waals surface area contributed by atoms with Gasteiger partial charge in [-0.25, -0.2) is 23.8 Å². The number of nitrogens with two attached hydrogens (primary N) is 1. The minimum atomic E-state index is -1.80. The minimum Gasteiger partial charge on any atom is -0.420 e. The van der Waals surface area contributed by atoms with Crippen molar-refractivity contribution in [3.63, 3.8) is 0 Å². The van der Waals surface area contributed by atoms with Gasteiger partial charge in [0.05, 0.1) is 157 Å². The fraction of sp³-hybridized carbons (Fsp3) is 0.569. The van der Waals surface area contributed by atoms with Gasteiger partial charge < -0.3 is 63.2 Å². The summed E-state index contributed by atoms with van der Waals surface area (Å²) in [7, 11) is 0. The molecule has 25 heteroatoms. The van der Waals surface area contributed by atoms with Crippen LogP contribution in [0.5, 0.6) is 5.75 Å². The normalized spacial score (nSPS) is 12.2. The molecule has 3 aromatic rings. The summed E-state index contributed by atoms with van der Waals surface area (Å²) in [5, 5.41) is 4.23. The topological polar surface area (TPSA) is 243 Å². The number of benzene rings is 1. The van der Waals surface area contributed by atoms with Crippen LogP contribution in [0.4, 0.5) is 23.2 Å². The zero-order valence-corrected chi connectivity index (χ0v) is 43.2. The summed E-state index contributed by atoms with van der Waals surface area (Å²) in [4.78, 5) is 55.1. The summed E-state index contributed by atoms with van der Waals surface area (Å²) in [6.07, 6.45) is 6.04. The maximum atomic E-state index is 13.6. The number of hydroxylamine groups is 2. The van der Waals surface area contributed by atoms with Gasteiger partial charge in [-0.15, -0.1) is 0 Å². The molecule has 0 unspecified atom stereocenters. The molecule has 1 aliphatic heterocycles. The number of ether oxygens (including phenoxy) is 11. The third-order valence-electron chi connectivity index (χ3n) is 10.3. The number of aromatic amines is 1. The number of esters is 1. The first-order chi connectivity index (χ1) is 37.0. The Bertz CT molecular complexity index is 2220. The van der Waals surface area contributed by atoms with E-state index in [1.807, 2.05) is 38.2 Å². The van der Waals surface area contributed by atoms with E-state index in [-0.39, 0.29) is 70.3 Å². The Morgan fingerprint density at radius 1 is 0.658 bits per heavy atom. The summed E-state index contributed by atoms with van der Waals surface area (Å²) >= 11 is 0. The second-order valence-corrected chi connectivity index (χ2v) is 16.2. The number of amidine groups is 1. The summed E-state index contributed by atoms with van der Waals surface area (Å²) < 4.78 is 112. The second kappa shape index (κ2) is 38.0. The number of aliphatic imine (C=N–C) groups is 1. The van der Waals surface area contributed by atoms with Gasteiger partial charge in [-0.3, -0.25) is 24.2 Å². The lowest BCUT2D eigenvalue weighted by molar-refractivity contribution is -0.379. The Balaban J connectivity index is 0.854. The molecule has 422 valence electrons. The van der Waals surface area contributed by atoms with Gasteiger partial charge >= 0.3 is 5.97 Å². The number of fused-ring (bicyclic) bond motifs is 1.